The van der Waals surface area contributed by atoms with E-state index in [1.165, 1.54) is 61.4 Å². The third-order valence-corrected chi connectivity index (χ3v) is 12.7. The first-order valence-corrected chi connectivity index (χ1v) is 20.3. The lowest BCUT2D eigenvalue weighted by molar-refractivity contribution is -0.192. The number of β-lactam (4-membered cyclic amide) rings is 2. The first kappa shape index (κ1) is 43.4. The van der Waals surface area contributed by atoms with Gasteiger partial charge in [0, 0.05) is 46.9 Å². The van der Waals surface area contributed by atoms with Crippen LogP contribution in [0.2, 0.25) is 0 Å². The number of aliphatic carboxylic acids is 2. The molecule has 22 nitrogen and oxygen atoms in total. The Balaban J connectivity index is 0.000000221. The zero-order valence-electron chi connectivity index (χ0n) is 30.4. The Morgan fingerprint density at radius 3 is 2.21 bits per heavy atom. The first-order chi connectivity index (χ1) is 27.5. The van der Waals surface area contributed by atoms with Crippen molar-refractivity contribution in [2.45, 2.75) is 35.9 Å². The van der Waals surface area contributed by atoms with Crippen LogP contribution in [0.3, 0.4) is 0 Å². The van der Waals surface area contributed by atoms with E-state index >= 15 is 0 Å². The fourth-order valence-corrected chi connectivity index (χ4v) is 9.92. The summed E-state index contributed by atoms with van der Waals surface area (Å²) in [5, 5.41) is 30.1. The number of rotatable bonds is 14. The number of primary amides is 1. The summed E-state index contributed by atoms with van der Waals surface area (Å²) in [4.78, 5) is 107. The number of nitrogens with zero attached hydrogens (tertiary/aromatic N) is 4. The average molecular weight is 883 g/mol. The molecule has 2 aromatic rings. The molecule has 58 heavy (non-hydrogen) atoms. The predicted octanol–water partition coefficient (Wildman–Crippen LogP) is -0.524. The number of nitrogen functional groups attached to an aromatic ring is 1. The van der Waals surface area contributed by atoms with E-state index in [9.17, 15) is 48.6 Å². The molecule has 2 fully saturated rings. The molecule has 2 saturated heterocycles. The van der Waals surface area contributed by atoms with E-state index in [1.54, 1.807) is 6.07 Å². The van der Waals surface area contributed by atoms with Gasteiger partial charge in [0.15, 0.2) is 10.8 Å². The third kappa shape index (κ3) is 8.89. The Morgan fingerprint density at radius 2 is 1.66 bits per heavy atom. The second-order valence-electron chi connectivity index (χ2n) is 12.0. The van der Waals surface area contributed by atoms with Crippen molar-refractivity contribution >= 4 is 105 Å². The molecule has 4 aliphatic heterocycles. The minimum atomic E-state index is -1.66. The molecule has 0 aliphatic carbocycles. The number of methoxy groups -OCH3 is 1. The van der Waals surface area contributed by atoms with Crippen molar-refractivity contribution in [3.63, 3.8) is 0 Å². The molecule has 2 aromatic heterocycles. The Hall–Kier alpha value is -5.70. The van der Waals surface area contributed by atoms with E-state index in [1.807, 2.05) is 11.4 Å². The van der Waals surface area contributed by atoms with E-state index < -0.39 is 70.1 Å². The highest BCUT2D eigenvalue weighted by Gasteiger charge is 2.66. The number of thiophene rings is 1. The Morgan fingerprint density at radius 1 is 1.00 bits per heavy atom. The smallest absolute Gasteiger partial charge is 0.404 e. The highest BCUT2D eigenvalue weighted by molar-refractivity contribution is 8.00. The van der Waals surface area contributed by atoms with Gasteiger partial charge >= 0.3 is 24.0 Å². The number of oxime groups is 1. The molecule has 0 radical (unpaired) electrons. The highest BCUT2D eigenvalue weighted by Crippen LogP contribution is 2.47. The van der Waals surface area contributed by atoms with Crippen molar-refractivity contribution < 1.29 is 67.6 Å². The number of carboxylic acid groups (broad SMARTS) is 2. The van der Waals surface area contributed by atoms with Crippen molar-refractivity contribution in [2.24, 2.45) is 10.9 Å². The lowest BCUT2D eigenvalue weighted by Crippen LogP contribution is -2.80. The number of carbonyl (C=O) groups is 8. The van der Waals surface area contributed by atoms with Crippen molar-refractivity contribution in [1.29, 1.82) is 0 Å². The maximum atomic E-state index is 12.8. The van der Waals surface area contributed by atoms with E-state index in [0.29, 0.717) is 5.57 Å². The first-order valence-electron chi connectivity index (χ1n) is 16.4. The average Bonchev–Trinajstić information content (AvgIpc) is 3.86. The van der Waals surface area contributed by atoms with Crippen LogP contribution < -0.4 is 22.1 Å². The molecule has 6 heterocycles. The van der Waals surface area contributed by atoms with E-state index in [-0.39, 0.29) is 64.6 Å². The molecular weight excluding hydrogens is 849 g/mol. The van der Waals surface area contributed by atoms with Gasteiger partial charge in [-0.1, -0.05) is 11.2 Å². The molecule has 0 unspecified atom stereocenters. The number of carboxylic acids is 2. The summed E-state index contributed by atoms with van der Waals surface area (Å²) >= 11 is 4.95. The number of carbonyl (C=O) groups excluding carboxylic acids is 6. The molecule has 26 heteroatoms. The van der Waals surface area contributed by atoms with Crippen molar-refractivity contribution in [3.8, 4) is 0 Å². The number of thiazole rings is 1. The van der Waals surface area contributed by atoms with Crippen molar-refractivity contribution in [1.82, 2.24) is 25.4 Å². The van der Waals surface area contributed by atoms with Crippen LogP contribution >= 0.6 is 46.2 Å². The SMILES string of the molecule is CO/N=C(/C(=O)N[C@@H]1C(=O)N2C(C(=O)O)=C(COC(C)=O)CS[C@H]12)c1csc(N)n1.CO[C@@]1(NC(=O)Cc2cccs2)C(=O)N2C(C(=O)O)=C(COC(N)=O)CS[C@@H]21. The largest absolute Gasteiger partial charge is 0.477 e. The van der Waals surface area contributed by atoms with Gasteiger partial charge in [-0.3, -0.25) is 33.8 Å². The van der Waals surface area contributed by atoms with Gasteiger partial charge in [0.1, 0.15) is 54.2 Å². The lowest BCUT2D eigenvalue weighted by atomic mass is 9.98. The molecule has 0 spiro atoms. The Labute approximate surface area is 343 Å². The number of aromatic nitrogens is 1. The molecular formula is C32H34N8O14S4. The highest BCUT2D eigenvalue weighted by atomic mass is 32.2. The van der Waals surface area contributed by atoms with Crippen LogP contribution in [0.25, 0.3) is 0 Å². The van der Waals surface area contributed by atoms with Crippen LogP contribution in [0.1, 0.15) is 17.5 Å². The zero-order chi connectivity index (χ0) is 42.5. The number of anilines is 1. The van der Waals surface area contributed by atoms with E-state index in [4.69, 9.17) is 20.9 Å². The second-order valence-corrected chi connectivity index (χ2v) is 16.1. The van der Waals surface area contributed by atoms with Gasteiger partial charge in [-0.2, -0.15) is 0 Å². The van der Waals surface area contributed by atoms with E-state index in [2.05, 4.69) is 30.3 Å². The van der Waals surface area contributed by atoms with Crippen LogP contribution in [0.5, 0.6) is 0 Å². The normalized spacial score (nSPS) is 22.3. The van der Waals surface area contributed by atoms with Crippen LogP contribution in [0.4, 0.5) is 9.93 Å². The third-order valence-electron chi connectivity index (χ3n) is 8.41. The number of hydrogen-bond acceptors (Lipinski definition) is 19. The fraction of sp³-hybridized carbons (Fsp3) is 0.375. The zero-order valence-corrected chi connectivity index (χ0v) is 33.7. The molecule has 5 amide bonds. The van der Waals surface area contributed by atoms with Gasteiger partial charge in [-0.15, -0.1) is 46.2 Å². The summed E-state index contributed by atoms with van der Waals surface area (Å²) in [7, 11) is 2.53. The standard InChI is InChI=1S/C16H17N5O7S2.C16H17N3O7S2/c1-6(22)28-3-7-4-29-14-10(13(24)21(14)11(7)15(25)26)19-12(23)9(20-27-2)8-5-30-16(17)18-8;1-25-16(18-10(20)5-9-3-2-4-27-9)13(23)19-11(12(21)22)8(6-26-15(17)24)7-28-14(16)19/h5,10,14H,3-4H2,1-2H3,(H2,17,18)(H,19,23)(H,25,26);2-4,14H,5-7H2,1H3,(H2,17,24)(H,18,20)(H,21,22)/b20-9+;/t10-,14-;14-,16+/m11/s1. The molecule has 4 atom stereocenters. The maximum absolute atomic E-state index is 12.8. The van der Waals surface area contributed by atoms with Crippen LogP contribution in [0, 0.1) is 0 Å². The monoisotopic (exact) mass is 882 g/mol. The molecule has 4 aliphatic rings. The van der Waals surface area contributed by atoms with Gasteiger partial charge in [-0.25, -0.2) is 19.4 Å². The number of amides is 5. The summed E-state index contributed by atoms with van der Waals surface area (Å²) in [6.45, 7) is 0.633. The summed E-state index contributed by atoms with van der Waals surface area (Å²) in [5.41, 5.74) is 8.87. The van der Waals surface area contributed by atoms with Crippen molar-refractivity contribution in [3.05, 3.63) is 56.0 Å². The number of nitrogens with one attached hydrogen (secondary N) is 2. The predicted molar refractivity (Wildman–Crippen MR) is 206 cm³/mol. The number of thioether (sulfide) groups is 2. The lowest BCUT2D eigenvalue weighted by Gasteiger charge is -2.55. The van der Waals surface area contributed by atoms with Gasteiger partial charge in [0.25, 0.3) is 23.4 Å². The number of ether oxygens (including phenoxy) is 3. The Kier molecular flexibility index (Phi) is 13.7. The summed E-state index contributed by atoms with van der Waals surface area (Å²) < 4.78 is 14.9. The van der Waals surface area contributed by atoms with Crippen molar-refractivity contribution in [2.75, 3.05) is 44.7 Å². The molecule has 6 rings (SSSR count). The number of fused-ring (bicyclic) bond motifs is 2. The number of esters is 1. The molecule has 8 N–H and O–H groups in total. The molecule has 0 bridgehead atoms. The van der Waals surface area contributed by atoms with Gasteiger partial charge in [0.2, 0.25) is 5.91 Å². The molecule has 0 saturated carbocycles. The van der Waals surface area contributed by atoms with E-state index in [0.717, 1.165) is 26.0 Å². The van der Waals surface area contributed by atoms with Gasteiger partial charge in [0.05, 0.1) is 6.42 Å². The number of nitrogens with two attached hydrogens (primary N) is 2. The fourth-order valence-electron chi connectivity index (χ4n) is 5.92. The summed E-state index contributed by atoms with van der Waals surface area (Å²) in [6.07, 6.45) is -0.973. The topological polar surface area (TPSA) is 322 Å². The molecule has 0 aromatic carbocycles. The summed E-state index contributed by atoms with van der Waals surface area (Å²) in [6, 6.07) is 2.64. The minimum Gasteiger partial charge on any atom is -0.477 e. The van der Waals surface area contributed by atoms with Crippen LogP contribution in [-0.2, 0) is 59.0 Å². The number of hydrogen-bond donors (Lipinski definition) is 6. The van der Waals surface area contributed by atoms with Crippen LogP contribution in [-0.4, -0.2) is 140 Å². The Bertz CT molecular complexity index is 2120. The minimum absolute atomic E-state index is 0.0762. The molecule has 310 valence electrons. The maximum Gasteiger partial charge on any atom is 0.404 e. The van der Waals surface area contributed by atoms with Gasteiger partial charge in [-0.05, 0) is 11.4 Å². The second kappa shape index (κ2) is 18.3. The quantitative estimate of drug-likeness (QED) is 0.0457. The summed E-state index contributed by atoms with van der Waals surface area (Å²) in [5.74, 6) is -5.29. The van der Waals surface area contributed by atoms with Crippen LogP contribution in [0.15, 0.2) is 50.6 Å². The van der Waals surface area contributed by atoms with Gasteiger partial charge < -0.3 is 51.4 Å².